The van der Waals surface area contributed by atoms with E-state index in [4.69, 9.17) is 5.73 Å². The fraction of sp³-hybridized carbons (Fsp3) is 0.111. The number of hydrogen-bond donors (Lipinski definition) is 2. The molecule has 1 rings (SSSR count). The fourth-order valence-electron chi connectivity index (χ4n) is 0.755. The minimum absolute atomic E-state index is 0.180. The molecule has 0 bridgehead atoms. The van der Waals surface area contributed by atoms with Gasteiger partial charge in [0, 0.05) is 4.47 Å². The highest BCUT2D eigenvalue weighted by Gasteiger charge is 1.96. The molecule has 12 heavy (non-hydrogen) atoms. The maximum atomic E-state index is 9.30. The van der Waals surface area contributed by atoms with Gasteiger partial charge in [-0.3, -0.25) is 0 Å². The second-order valence-corrected chi connectivity index (χ2v) is 3.08. The number of phenols is 1. The van der Waals surface area contributed by atoms with Gasteiger partial charge in [0.25, 0.3) is 0 Å². The summed E-state index contributed by atoms with van der Waals surface area (Å²) < 4.78 is 0.890. The van der Waals surface area contributed by atoms with E-state index < -0.39 is 0 Å². The third kappa shape index (κ3) is 2.26. The summed E-state index contributed by atoms with van der Waals surface area (Å²) in [4.78, 5) is 0. The van der Waals surface area contributed by atoms with E-state index in [9.17, 15) is 5.11 Å². The van der Waals surface area contributed by atoms with Crippen molar-refractivity contribution in [1.29, 1.82) is 0 Å². The van der Waals surface area contributed by atoms with Gasteiger partial charge in [-0.05, 0) is 18.2 Å². The fourth-order valence-corrected chi connectivity index (χ4v) is 1.12. The van der Waals surface area contributed by atoms with E-state index in [1.54, 1.807) is 18.2 Å². The molecule has 0 spiro atoms. The molecule has 0 heterocycles. The molecular weight excluding hydrogens is 218 g/mol. The molecule has 0 amide bonds. The third-order valence-corrected chi connectivity index (χ3v) is 1.78. The Morgan fingerprint density at radius 2 is 2.25 bits per heavy atom. The van der Waals surface area contributed by atoms with Crippen LogP contribution < -0.4 is 5.73 Å². The number of hydrogen-bond acceptors (Lipinski definition) is 2. The molecule has 0 fully saturated rings. The molecule has 0 aliphatic rings. The number of benzene rings is 1. The molecule has 0 aliphatic heterocycles. The number of phenolic OH excluding ortho intramolecular Hbond substituents is 1. The second kappa shape index (κ2) is 4.15. The molecule has 0 saturated carbocycles. The highest BCUT2D eigenvalue weighted by molar-refractivity contribution is 9.10. The number of rotatable bonds is 0. The van der Waals surface area contributed by atoms with Gasteiger partial charge in [-0.15, -0.1) is 0 Å². The number of nitrogens with two attached hydrogens (primary N) is 1. The Bertz CT molecular complexity index is 338. The molecule has 0 saturated heterocycles. The van der Waals surface area contributed by atoms with E-state index in [0.717, 1.165) is 4.47 Å². The van der Waals surface area contributed by atoms with Crippen molar-refractivity contribution in [3.8, 4) is 17.6 Å². The van der Waals surface area contributed by atoms with Crippen LogP contribution in [0.15, 0.2) is 22.7 Å². The lowest BCUT2D eigenvalue weighted by Gasteiger charge is -1.96. The minimum Gasteiger partial charge on any atom is -0.507 e. The zero-order chi connectivity index (χ0) is 8.97. The first kappa shape index (κ1) is 9.11. The Labute approximate surface area is 79.5 Å². The highest BCUT2D eigenvalue weighted by Crippen LogP contribution is 2.20. The molecule has 0 aliphatic carbocycles. The van der Waals surface area contributed by atoms with Crippen LogP contribution in [0.1, 0.15) is 5.56 Å². The lowest BCUT2D eigenvalue weighted by Crippen LogP contribution is -1.93. The van der Waals surface area contributed by atoms with Crippen molar-refractivity contribution >= 4 is 15.9 Å². The summed E-state index contributed by atoms with van der Waals surface area (Å²) in [5, 5.41) is 9.30. The van der Waals surface area contributed by atoms with Crippen LogP contribution in [0.2, 0.25) is 0 Å². The van der Waals surface area contributed by atoms with Crippen molar-refractivity contribution in [2.75, 3.05) is 6.54 Å². The summed E-state index contributed by atoms with van der Waals surface area (Å²) in [5.74, 6) is 5.61. The van der Waals surface area contributed by atoms with E-state index in [1.807, 2.05) is 0 Å². The van der Waals surface area contributed by atoms with Crippen LogP contribution in [0, 0.1) is 11.8 Å². The molecule has 0 aromatic heterocycles. The number of aromatic hydroxyl groups is 1. The quantitative estimate of drug-likeness (QED) is 0.658. The lowest BCUT2D eigenvalue weighted by atomic mass is 10.2. The Kier molecular flexibility index (Phi) is 3.15. The van der Waals surface area contributed by atoms with Gasteiger partial charge < -0.3 is 10.8 Å². The Balaban J connectivity index is 3.05. The Hall–Kier alpha value is -0.980. The normalized spacial score (nSPS) is 8.83. The van der Waals surface area contributed by atoms with Crippen LogP contribution in [-0.4, -0.2) is 11.7 Å². The first-order valence-electron chi connectivity index (χ1n) is 3.41. The van der Waals surface area contributed by atoms with Crippen molar-refractivity contribution < 1.29 is 5.11 Å². The summed E-state index contributed by atoms with van der Waals surface area (Å²) in [6.07, 6.45) is 0. The largest absolute Gasteiger partial charge is 0.507 e. The molecule has 1 aromatic carbocycles. The molecule has 3 N–H and O–H groups in total. The first-order chi connectivity index (χ1) is 5.74. The topological polar surface area (TPSA) is 46.2 Å². The summed E-state index contributed by atoms with van der Waals surface area (Å²) >= 11 is 3.28. The van der Waals surface area contributed by atoms with E-state index in [0.29, 0.717) is 12.1 Å². The zero-order valence-electron chi connectivity index (χ0n) is 6.34. The molecule has 62 valence electrons. The van der Waals surface area contributed by atoms with Gasteiger partial charge in [-0.25, -0.2) is 0 Å². The summed E-state index contributed by atoms with van der Waals surface area (Å²) in [5.41, 5.74) is 5.79. The molecule has 1 aromatic rings. The summed E-state index contributed by atoms with van der Waals surface area (Å²) in [6.45, 7) is 0.298. The maximum absolute atomic E-state index is 9.30. The molecular formula is C9H8BrNO. The maximum Gasteiger partial charge on any atom is 0.131 e. The molecule has 0 atom stereocenters. The van der Waals surface area contributed by atoms with E-state index in [2.05, 4.69) is 27.8 Å². The van der Waals surface area contributed by atoms with Gasteiger partial charge in [0.1, 0.15) is 5.75 Å². The minimum atomic E-state index is 0.180. The van der Waals surface area contributed by atoms with Crippen molar-refractivity contribution in [2.45, 2.75) is 0 Å². The molecule has 2 nitrogen and oxygen atoms in total. The predicted octanol–water partition coefficient (Wildman–Crippen LogP) is 1.46. The third-order valence-electron chi connectivity index (χ3n) is 1.28. The Morgan fingerprint density at radius 1 is 1.50 bits per heavy atom. The monoisotopic (exact) mass is 225 g/mol. The smallest absolute Gasteiger partial charge is 0.131 e. The molecule has 0 unspecified atom stereocenters. The Morgan fingerprint density at radius 3 is 2.92 bits per heavy atom. The van der Waals surface area contributed by atoms with Crippen LogP contribution >= 0.6 is 15.9 Å². The van der Waals surface area contributed by atoms with Gasteiger partial charge in [0.15, 0.2) is 0 Å². The van der Waals surface area contributed by atoms with Gasteiger partial charge in [0.05, 0.1) is 12.1 Å². The average Bonchev–Trinajstić information content (AvgIpc) is 2.07. The first-order valence-corrected chi connectivity index (χ1v) is 4.21. The van der Waals surface area contributed by atoms with Gasteiger partial charge in [-0.1, -0.05) is 27.8 Å². The van der Waals surface area contributed by atoms with Crippen molar-refractivity contribution in [1.82, 2.24) is 0 Å². The van der Waals surface area contributed by atoms with Crippen LogP contribution in [0.25, 0.3) is 0 Å². The van der Waals surface area contributed by atoms with Gasteiger partial charge >= 0.3 is 0 Å². The van der Waals surface area contributed by atoms with Crippen LogP contribution in [0.3, 0.4) is 0 Å². The molecule has 0 radical (unpaired) electrons. The van der Waals surface area contributed by atoms with E-state index >= 15 is 0 Å². The van der Waals surface area contributed by atoms with Gasteiger partial charge in [0.2, 0.25) is 0 Å². The van der Waals surface area contributed by atoms with E-state index in [-0.39, 0.29) is 5.75 Å². The SMILES string of the molecule is NCC#Cc1cc(Br)ccc1O. The predicted molar refractivity (Wildman–Crippen MR) is 51.7 cm³/mol. The van der Waals surface area contributed by atoms with Crippen LogP contribution in [0.5, 0.6) is 5.75 Å². The van der Waals surface area contributed by atoms with Crippen molar-refractivity contribution in [3.05, 3.63) is 28.2 Å². The summed E-state index contributed by atoms with van der Waals surface area (Å²) in [6, 6.07) is 5.09. The van der Waals surface area contributed by atoms with Crippen LogP contribution in [0.4, 0.5) is 0 Å². The van der Waals surface area contributed by atoms with Crippen LogP contribution in [-0.2, 0) is 0 Å². The van der Waals surface area contributed by atoms with Gasteiger partial charge in [-0.2, -0.15) is 0 Å². The van der Waals surface area contributed by atoms with Crippen molar-refractivity contribution in [2.24, 2.45) is 5.73 Å². The number of halogens is 1. The highest BCUT2D eigenvalue weighted by atomic mass is 79.9. The summed E-state index contributed by atoms with van der Waals surface area (Å²) in [7, 11) is 0. The van der Waals surface area contributed by atoms with E-state index in [1.165, 1.54) is 0 Å². The standard InChI is InChI=1S/C9H8BrNO/c10-8-3-4-9(12)7(6-8)2-1-5-11/h3-4,6,12H,5,11H2. The van der Waals surface area contributed by atoms with Crippen molar-refractivity contribution in [3.63, 3.8) is 0 Å². The molecule has 3 heteroatoms. The average molecular weight is 226 g/mol. The second-order valence-electron chi connectivity index (χ2n) is 2.17. The lowest BCUT2D eigenvalue weighted by molar-refractivity contribution is 0.473. The zero-order valence-corrected chi connectivity index (χ0v) is 7.93.